The Labute approximate surface area is 225 Å². The lowest BCUT2D eigenvalue weighted by Crippen LogP contribution is -2.51. The number of methoxy groups -OCH3 is 1. The highest BCUT2D eigenvalue weighted by atomic mass is 79.9. The normalized spacial score (nSPS) is 11.5. The number of rotatable bonds is 10. The number of hydrogen-bond acceptors (Lipinski definition) is 4. The van der Waals surface area contributed by atoms with Gasteiger partial charge < -0.3 is 19.7 Å². The first-order valence-corrected chi connectivity index (χ1v) is 12.8. The van der Waals surface area contributed by atoms with E-state index in [1.165, 1.54) is 0 Å². The summed E-state index contributed by atoms with van der Waals surface area (Å²) in [6.45, 7) is 0.00635. The highest BCUT2D eigenvalue weighted by Crippen LogP contribution is 2.33. The van der Waals surface area contributed by atoms with Crippen molar-refractivity contribution in [1.29, 1.82) is 0 Å². The van der Waals surface area contributed by atoms with Crippen LogP contribution in [0.15, 0.2) is 95.5 Å². The second kappa shape index (κ2) is 12.4. The van der Waals surface area contributed by atoms with E-state index >= 15 is 0 Å². The Hall–Kier alpha value is -3.84. The van der Waals surface area contributed by atoms with Crippen LogP contribution in [0.4, 0.5) is 0 Å². The van der Waals surface area contributed by atoms with Crippen molar-refractivity contribution in [2.45, 2.75) is 19.0 Å². The van der Waals surface area contributed by atoms with Gasteiger partial charge in [-0.15, -0.1) is 0 Å². The Kier molecular flexibility index (Phi) is 8.80. The van der Waals surface area contributed by atoms with Crippen LogP contribution in [-0.2, 0) is 22.6 Å². The maximum absolute atomic E-state index is 13.7. The van der Waals surface area contributed by atoms with E-state index < -0.39 is 6.04 Å². The summed E-state index contributed by atoms with van der Waals surface area (Å²) in [5.41, 5.74) is 1.80. The van der Waals surface area contributed by atoms with Crippen LogP contribution >= 0.6 is 15.9 Å². The van der Waals surface area contributed by atoms with Crippen LogP contribution < -0.4 is 14.8 Å². The lowest BCUT2D eigenvalue weighted by Gasteiger charge is -2.31. The van der Waals surface area contributed by atoms with Gasteiger partial charge in [0.05, 0.1) is 11.6 Å². The molecule has 190 valence electrons. The predicted octanol–water partition coefficient (Wildman–Crippen LogP) is 5.38. The molecule has 4 aromatic rings. The number of hydrogen-bond donors (Lipinski definition) is 1. The minimum absolute atomic E-state index is 0.219. The van der Waals surface area contributed by atoms with Crippen LogP contribution in [-0.4, -0.2) is 43.5 Å². The fourth-order valence-corrected chi connectivity index (χ4v) is 4.84. The van der Waals surface area contributed by atoms with E-state index in [-0.39, 0.29) is 25.0 Å². The summed E-state index contributed by atoms with van der Waals surface area (Å²) in [4.78, 5) is 28.3. The average molecular weight is 561 g/mol. The van der Waals surface area contributed by atoms with E-state index in [1.54, 1.807) is 19.1 Å². The van der Waals surface area contributed by atoms with Gasteiger partial charge in [0.25, 0.3) is 5.91 Å². The maximum atomic E-state index is 13.7. The van der Waals surface area contributed by atoms with Crippen LogP contribution in [0.2, 0.25) is 0 Å². The minimum Gasteiger partial charge on any atom is -0.497 e. The Morgan fingerprint density at radius 1 is 0.919 bits per heavy atom. The van der Waals surface area contributed by atoms with Gasteiger partial charge in [-0.3, -0.25) is 9.59 Å². The number of nitrogens with zero attached hydrogens (tertiary/aromatic N) is 1. The summed E-state index contributed by atoms with van der Waals surface area (Å²) >= 11 is 3.62. The van der Waals surface area contributed by atoms with Crippen molar-refractivity contribution in [3.63, 3.8) is 0 Å². The van der Waals surface area contributed by atoms with Crippen molar-refractivity contribution in [1.82, 2.24) is 10.2 Å². The summed E-state index contributed by atoms with van der Waals surface area (Å²) in [6, 6.07) is 28.2. The van der Waals surface area contributed by atoms with E-state index in [0.29, 0.717) is 17.9 Å². The number of fused-ring (bicyclic) bond motifs is 1. The number of ether oxygens (including phenoxy) is 2. The van der Waals surface area contributed by atoms with Crippen molar-refractivity contribution >= 4 is 38.5 Å². The predicted molar refractivity (Wildman–Crippen MR) is 149 cm³/mol. The van der Waals surface area contributed by atoms with E-state index in [0.717, 1.165) is 26.4 Å². The van der Waals surface area contributed by atoms with Crippen LogP contribution in [0.3, 0.4) is 0 Å². The smallest absolute Gasteiger partial charge is 0.261 e. The molecule has 4 aromatic carbocycles. The van der Waals surface area contributed by atoms with Crippen LogP contribution in [0.5, 0.6) is 11.5 Å². The zero-order chi connectivity index (χ0) is 26.2. The number of amides is 2. The van der Waals surface area contributed by atoms with Crippen LogP contribution in [0.1, 0.15) is 11.1 Å². The molecule has 0 bridgehead atoms. The summed E-state index contributed by atoms with van der Waals surface area (Å²) in [6.07, 6.45) is 0.371. The lowest BCUT2D eigenvalue weighted by atomic mass is 10.0. The standard InChI is InChI=1S/C30H29BrN2O4/c1-32-30(35)26(18-21-9-4-3-5-10-21)33(19-22-11-8-13-24(17-22)36-2)28(34)20-37-27-16-15-23-12-6-7-14-25(23)29(27)31/h3-17,26H,18-20H2,1-2H3,(H,32,35)/t26-/m1/s1. The van der Waals surface area contributed by atoms with Gasteiger partial charge >= 0.3 is 0 Å². The molecule has 1 atom stereocenters. The highest BCUT2D eigenvalue weighted by Gasteiger charge is 2.30. The molecule has 0 saturated heterocycles. The molecule has 0 saturated carbocycles. The third kappa shape index (κ3) is 6.49. The van der Waals surface area contributed by atoms with E-state index in [2.05, 4.69) is 21.2 Å². The third-order valence-electron chi connectivity index (χ3n) is 6.18. The Bertz CT molecular complexity index is 1380. The van der Waals surface area contributed by atoms with Gasteiger partial charge in [0, 0.05) is 20.0 Å². The Morgan fingerprint density at radius 3 is 2.41 bits per heavy atom. The molecular formula is C30H29BrN2O4. The van der Waals surface area contributed by atoms with Gasteiger partial charge in [-0.05, 0) is 56.0 Å². The third-order valence-corrected chi connectivity index (χ3v) is 7.00. The van der Waals surface area contributed by atoms with Crippen molar-refractivity contribution in [3.8, 4) is 11.5 Å². The summed E-state index contributed by atoms with van der Waals surface area (Å²) in [5, 5.41) is 4.78. The van der Waals surface area contributed by atoms with Gasteiger partial charge in [0.2, 0.25) is 5.91 Å². The SMILES string of the molecule is CNC(=O)[C@@H](Cc1ccccc1)N(Cc1cccc(OC)c1)C(=O)COc1ccc2ccccc2c1Br. The molecule has 0 aliphatic heterocycles. The van der Waals surface area contributed by atoms with E-state index in [4.69, 9.17) is 9.47 Å². The molecule has 1 N–H and O–H groups in total. The second-order valence-corrected chi connectivity index (χ2v) is 9.37. The summed E-state index contributed by atoms with van der Waals surface area (Å²) in [7, 11) is 3.18. The maximum Gasteiger partial charge on any atom is 0.261 e. The molecule has 0 fully saturated rings. The van der Waals surface area contributed by atoms with Gasteiger partial charge in [0.1, 0.15) is 17.5 Å². The first-order chi connectivity index (χ1) is 18.0. The Balaban J connectivity index is 1.62. The van der Waals surface area contributed by atoms with E-state index in [9.17, 15) is 9.59 Å². The topological polar surface area (TPSA) is 67.9 Å². The van der Waals surface area contributed by atoms with Gasteiger partial charge in [-0.1, -0.05) is 72.8 Å². The molecule has 4 rings (SSSR count). The molecule has 0 radical (unpaired) electrons. The van der Waals surface area contributed by atoms with Crippen molar-refractivity contribution in [3.05, 3.63) is 107 Å². The first kappa shape index (κ1) is 26.2. The van der Waals surface area contributed by atoms with Crippen molar-refractivity contribution < 1.29 is 19.1 Å². The number of likely N-dealkylation sites (N-methyl/N-ethyl adjacent to an activating group) is 1. The molecule has 6 nitrogen and oxygen atoms in total. The fraction of sp³-hybridized carbons (Fsp3) is 0.200. The van der Waals surface area contributed by atoms with Crippen LogP contribution in [0, 0.1) is 0 Å². The Morgan fingerprint density at radius 2 is 1.65 bits per heavy atom. The largest absolute Gasteiger partial charge is 0.497 e. The molecule has 0 aliphatic rings. The zero-order valence-corrected chi connectivity index (χ0v) is 22.4. The average Bonchev–Trinajstić information content (AvgIpc) is 2.94. The summed E-state index contributed by atoms with van der Waals surface area (Å²) in [5.74, 6) is 0.702. The van der Waals surface area contributed by atoms with Crippen molar-refractivity contribution in [2.24, 2.45) is 0 Å². The van der Waals surface area contributed by atoms with Crippen LogP contribution in [0.25, 0.3) is 10.8 Å². The highest BCUT2D eigenvalue weighted by molar-refractivity contribution is 9.10. The number of nitrogens with one attached hydrogen (secondary N) is 1. The molecule has 0 aromatic heterocycles. The quantitative estimate of drug-likeness (QED) is 0.283. The minimum atomic E-state index is -0.727. The van der Waals surface area contributed by atoms with Gasteiger partial charge in [-0.25, -0.2) is 0 Å². The molecule has 0 aliphatic carbocycles. The van der Waals surface area contributed by atoms with Crippen molar-refractivity contribution in [2.75, 3.05) is 20.8 Å². The van der Waals surface area contributed by atoms with E-state index in [1.807, 2.05) is 91.0 Å². The van der Waals surface area contributed by atoms with Gasteiger partial charge in [0.15, 0.2) is 6.61 Å². The molecule has 0 heterocycles. The lowest BCUT2D eigenvalue weighted by molar-refractivity contribution is -0.142. The zero-order valence-electron chi connectivity index (χ0n) is 20.8. The summed E-state index contributed by atoms with van der Waals surface area (Å²) < 4.78 is 12.1. The molecule has 2 amide bonds. The second-order valence-electron chi connectivity index (χ2n) is 8.58. The fourth-order valence-electron chi connectivity index (χ4n) is 4.24. The molecule has 0 spiro atoms. The van der Waals surface area contributed by atoms with Gasteiger partial charge in [-0.2, -0.15) is 0 Å². The first-order valence-electron chi connectivity index (χ1n) is 12.0. The number of carbonyl (C=O) groups excluding carboxylic acids is 2. The molecule has 0 unspecified atom stereocenters. The number of benzene rings is 4. The monoisotopic (exact) mass is 560 g/mol. The molecule has 37 heavy (non-hydrogen) atoms. The molecule has 7 heteroatoms. The molecular weight excluding hydrogens is 532 g/mol. The number of halogens is 1. The number of carbonyl (C=O) groups is 2.